The Bertz CT molecular complexity index is 1640. The van der Waals surface area contributed by atoms with Crippen molar-refractivity contribution in [2.45, 2.75) is 17.3 Å². The van der Waals surface area contributed by atoms with E-state index in [1.54, 1.807) is 26.2 Å². The molecule has 2 heterocycles. The molecule has 11 heteroatoms. The van der Waals surface area contributed by atoms with Gasteiger partial charge in [0.05, 0.1) is 25.0 Å². The van der Waals surface area contributed by atoms with Crippen molar-refractivity contribution in [3.8, 4) is 28.6 Å². The molecule has 41 heavy (non-hydrogen) atoms. The molecule has 0 unspecified atom stereocenters. The smallest absolute Gasteiger partial charge is 0.275 e. The van der Waals surface area contributed by atoms with Crippen molar-refractivity contribution in [2.75, 3.05) is 27.8 Å². The normalized spacial score (nSPS) is 10.9. The zero-order valence-corrected chi connectivity index (χ0v) is 24.4. The highest BCUT2D eigenvalue weighted by Crippen LogP contribution is 2.33. The average molecular weight is 590 g/mol. The van der Waals surface area contributed by atoms with Gasteiger partial charge >= 0.3 is 0 Å². The highest BCUT2D eigenvalue weighted by molar-refractivity contribution is 7.98. The minimum absolute atomic E-state index is 0.223. The van der Waals surface area contributed by atoms with E-state index in [1.807, 2.05) is 77.4 Å². The summed E-state index contributed by atoms with van der Waals surface area (Å²) in [6.45, 7) is 0.496. The van der Waals surface area contributed by atoms with Crippen LogP contribution in [0.4, 0.5) is 0 Å². The second kappa shape index (κ2) is 12.9. The van der Waals surface area contributed by atoms with Crippen LogP contribution < -0.4 is 9.47 Å². The number of methoxy groups -OCH3 is 2. The van der Waals surface area contributed by atoms with E-state index in [0.717, 1.165) is 16.8 Å². The average Bonchev–Trinajstić information content (AvgIpc) is 3.66. The summed E-state index contributed by atoms with van der Waals surface area (Å²) in [5.74, 6) is 2.49. The lowest BCUT2D eigenvalue weighted by atomic mass is 10.1. The molecule has 0 fully saturated rings. The van der Waals surface area contributed by atoms with Crippen molar-refractivity contribution in [3.63, 3.8) is 0 Å². The van der Waals surface area contributed by atoms with Gasteiger partial charge in [0.25, 0.3) is 5.91 Å². The van der Waals surface area contributed by atoms with E-state index in [4.69, 9.17) is 25.5 Å². The molecule has 5 rings (SSSR count). The van der Waals surface area contributed by atoms with Crippen LogP contribution in [0.1, 0.15) is 21.9 Å². The van der Waals surface area contributed by atoms with Gasteiger partial charge in [-0.3, -0.25) is 9.36 Å². The molecule has 210 valence electrons. The lowest BCUT2D eigenvalue weighted by molar-refractivity contribution is 0.0790. The molecule has 0 saturated heterocycles. The van der Waals surface area contributed by atoms with Gasteiger partial charge in [-0.1, -0.05) is 59.8 Å². The number of nitrogens with zero attached hydrogens (tertiary/aromatic N) is 5. The van der Waals surface area contributed by atoms with E-state index in [0.29, 0.717) is 52.1 Å². The van der Waals surface area contributed by atoms with Gasteiger partial charge in [0.15, 0.2) is 28.2 Å². The van der Waals surface area contributed by atoms with Crippen molar-refractivity contribution < 1.29 is 18.7 Å². The lowest BCUT2D eigenvalue weighted by Gasteiger charge is -2.16. The van der Waals surface area contributed by atoms with E-state index >= 15 is 0 Å². The molecule has 1 amide bonds. The Kier molecular flexibility index (Phi) is 8.91. The van der Waals surface area contributed by atoms with Crippen molar-refractivity contribution in [2.24, 2.45) is 0 Å². The molecule has 0 radical (unpaired) electrons. The molecule has 0 aliphatic carbocycles. The number of halogens is 1. The van der Waals surface area contributed by atoms with Gasteiger partial charge in [-0.25, -0.2) is 4.98 Å². The second-order valence-corrected chi connectivity index (χ2v) is 10.4. The van der Waals surface area contributed by atoms with Crippen LogP contribution in [0.2, 0.25) is 5.02 Å². The van der Waals surface area contributed by atoms with Crippen LogP contribution >= 0.6 is 23.4 Å². The standard InChI is InChI=1S/C30H28ClN5O4S/c1-35(16-15-20-13-14-25(38-2)26(17-20)39-3)29(37)24-18-40-27(32-24)19-41-30-34-33-28(22-11-7-8-12-23(22)31)36(30)21-9-5-4-6-10-21/h4-14,17-18H,15-16,19H2,1-3H3. The maximum atomic E-state index is 13.0. The number of hydrogen-bond donors (Lipinski definition) is 0. The van der Waals surface area contributed by atoms with Gasteiger partial charge < -0.3 is 18.8 Å². The first-order chi connectivity index (χ1) is 20.0. The monoisotopic (exact) mass is 589 g/mol. The Balaban J connectivity index is 1.26. The molecule has 0 bridgehead atoms. The highest BCUT2D eigenvalue weighted by Gasteiger charge is 2.21. The minimum Gasteiger partial charge on any atom is -0.493 e. The van der Waals surface area contributed by atoms with Crippen LogP contribution in [0.5, 0.6) is 11.5 Å². The number of para-hydroxylation sites is 1. The molecule has 0 aliphatic heterocycles. The zero-order chi connectivity index (χ0) is 28.8. The van der Waals surface area contributed by atoms with Crippen molar-refractivity contribution >= 4 is 29.3 Å². The minimum atomic E-state index is -0.223. The number of carbonyl (C=O) groups excluding carboxylic acids is 1. The molecule has 0 N–H and O–H groups in total. The van der Waals surface area contributed by atoms with Gasteiger partial charge in [0.2, 0.25) is 5.89 Å². The third-order valence-corrected chi connectivity index (χ3v) is 7.63. The summed E-state index contributed by atoms with van der Waals surface area (Å²) in [5, 5.41) is 10.1. The summed E-state index contributed by atoms with van der Waals surface area (Å²) >= 11 is 7.89. The van der Waals surface area contributed by atoms with Gasteiger partial charge in [-0.2, -0.15) is 0 Å². The first-order valence-corrected chi connectivity index (χ1v) is 14.1. The summed E-state index contributed by atoms with van der Waals surface area (Å²) in [6, 6.07) is 23.1. The lowest BCUT2D eigenvalue weighted by Crippen LogP contribution is -2.29. The third kappa shape index (κ3) is 6.39. The summed E-state index contributed by atoms with van der Waals surface area (Å²) in [4.78, 5) is 19.1. The summed E-state index contributed by atoms with van der Waals surface area (Å²) in [5.41, 5.74) is 2.95. The number of carbonyl (C=O) groups is 1. The van der Waals surface area contributed by atoms with Crippen LogP contribution in [0.25, 0.3) is 17.1 Å². The van der Waals surface area contributed by atoms with E-state index in [9.17, 15) is 4.79 Å². The van der Waals surface area contributed by atoms with Crippen molar-refractivity contribution in [1.29, 1.82) is 0 Å². The van der Waals surface area contributed by atoms with Crippen LogP contribution in [0.3, 0.4) is 0 Å². The molecular formula is C30H28ClN5O4S. The topological polar surface area (TPSA) is 95.5 Å². The predicted octanol–water partition coefficient (Wildman–Crippen LogP) is 6.20. The first kappa shape index (κ1) is 28.3. The van der Waals surface area contributed by atoms with E-state index in [1.165, 1.54) is 18.0 Å². The largest absolute Gasteiger partial charge is 0.493 e. The summed E-state index contributed by atoms with van der Waals surface area (Å²) in [6.07, 6.45) is 2.04. The third-order valence-electron chi connectivity index (χ3n) is 6.39. The van der Waals surface area contributed by atoms with Gasteiger partial charge in [0.1, 0.15) is 6.26 Å². The highest BCUT2D eigenvalue weighted by atomic mass is 35.5. The molecule has 0 saturated carbocycles. The molecule has 2 aromatic heterocycles. The molecule has 9 nitrogen and oxygen atoms in total. The fourth-order valence-electron chi connectivity index (χ4n) is 4.22. The van der Waals surface area contributed by atoms with Crippen LogP contribution in [0, 0.1) is 0 Å². The Morgan fingerprint density at radius 1 is 1.00 bits per heavy atom. The number of ether oxygens (including phenoxy) is 2. The Morgan fingerprint density at radius 2 is 1.76 bits per heavy atom. The number of hydrogen-bond acceptors (Lipinski definition) is 8. The zero-order valence-electron chi connectivity index (χ0n) is 22.8. The van der Waals surface area contributed by atoms with E-state index in [-0.39, 0.29) is 11.6 Å². The molecule has 0 aliphatic rings. The van der Waals surface area contributed by atoms with Gasteiger partial charge in [-0.05, 0) is 48.4 Å². The number of aromatic nitrogens is 4. The number of benzene rings is 3. The van der Waals surface area contributed by atoms with Crippen LogP contribution in [0.15, 0.2) is 88.6 Å². The molecular weight excluding hydrogens is 562 g/mol. The Labute approximate surface area is 247 Å². The fraction of sp³-hybridized carbons (Fsp3) is 0.200. The molecule has 0 spiro atoms. The van der Waals surface area contributed by atoms with Gasteiger partial charge in [-0.15, -0.1) is 10.2 Å². The van der Waals surface area contributed by atoms with Gasteiger partial charge in [0, 0.05) is 24.8 Å². The Morgan fingerprint density at radius 3 is 2.51 bits per heavy atom. The van der Waals surface area contributed by atoms with E-state index < -0.39 is 0 Å². The fourth-order valence-corrected chi connectivity index (χ4v) is 5.25. The maximum absolute atomic E-state index is 13.0. The quantitative estimate of drug-likeness (QED) is 0.168. The SMILES string of the molecule is COc1ccc(CCN(C)C(=O)c2coc(CSc3nnc(-c4ccccc4Cl)n3-c3ccccc3)n2)cc1OC. The number of likely N-dealkylation sites (N-methyl/N-ethyl adjacent to an activating group) is 1. The molecule has 3 aromatic carbocycles. The maximum Gasteiger partial charge on any atom is 0.275 e. The molecule has 0 atom stereocenters. The second-order valence-electron chi connectivity index (χ2n) is 9.04. The molecule has 5 aromatic rings. The Hall–Kier alpha value is -4.28. The van der Waals surface area contributed by atoms with Crippen LogP contribution in [-0.4, -0.2) is 58.4 Å². The predicted molar refractivity (Wildman–Crippen MR) is 158 cm³/mol. The summed E-state index contributed by atoms with van der Waals surface area (Å²) in [7, 11) is 4.94. The number of oxazole rings is 1. The van der Waals surface area contributed by atoms with E-state index in [2.05, 4.69) is 15.2 Å². The number of rotatable bonds is 11. The van der Waals surface area contributed by atoms with Crippen molar-refractivity contribution in [1.82, 2.24) is 24.6 Å². The first-order valence-electron chi connectivity index (χ1n) is 12.8. The number of amides is 1. The number of thioether (sulfide) groups is 1. The summed E-state index contributed by atoms with van der Waals surface area (Å²) < 4.78 is 18.3. The van der Waals surface area contributed by atoms with Crippen molar-refractivity contribution in [3.05, 3.63) is 101 Å². The van der Waals surface area contributed by atoms with Crippen LogP contribution in [-0.2, 0) is 12.2 Å².